The Balaban J connectivity index is 0.000000461. The van der Waals surface area contributed by atoms with Crippen molar-refractivity contribution in [2.24, 2.45) is 0 Å². The van der Waals surface area contributed by atoms with Crippen molar-refractivity contribution >= 4 is 21.6 Å². The van der Waals surface area contributed by atoms with E-state index in [2.05, 4.69) is 37.9 Å². The summed E-state index contributed by atoms with van der Waals surface area (Å²) in [4.78, 5) is 4.45. The number of rotatable bonds is 0. The highest BCUT2D eigenvalue weighted by atomic mass is 32.1. The zero-order valence-electron chi connectivity index (χ0n) is 9.51. The topological polar surface area (TPSA) is 12.9 Å². The molecular formula is C12H17NS. The monoisotopic (exact) mass is 207 g/mol. The van der Waals surface area contributed by atoms with Crippen LogP contribution in [-0.2, 0) is 0 Å². The first kappa shape index (κ1) is 11.2. The fourth-order valence-corrected chi connectivity index (χ4v) is 2.36. The summed E-state index contributed by atoms with van der Waals surface area (Å²) in [6.07, 6.45) is 0. The van der Waals surface area contributed by atoms with Crippen molar-refractivity contribution < 1.29 is 0 Å². The van der Waals surface area contributed by atoms with Gasteiger partial charge in [0.2, 0.25) is 0 Å². The van der Waals surface area contributed by atoms with Crippen molar-refractivity contribution in [2.45, 2.75) is 34.6 Å². The van der Waals surface area contributed by atoms with E-state index in [4.69, 9.17) is 0 Å². The Morgan fingerprint density at radius 1 is 1.07 bits per heavy atom. The van der Waals surface area contributed by atoms with Gasteiger partial charge in [-0.25, -0.2) is 4.98 Å². The largest absolute Gasteiger partial charge is 0.241 e. The minimum Gasteiger partial charge on any atom is -0.241 e. The molecule has 2 rings (SSSR count). The molecule has 0 spiro atoms. The van der Waals surface area contributed by atoms with E-state index in [1.54, 1.807) is 11.3 Å². The second-order valence-electron chi connectivity index (χ2n) is 3.16. The van der Waals surface area contributed by atoms with Gasteiger partial charge in [-0.2, -0.15) is 0 Å². The standard InChI is InChI=1S/C10H11NS.C2H6/c1-6-4-7(2)10-9(5-6)11-8(3)12-10;1-2/h4-5H,1-3H3;1-2H3. The summed E-state index contributed by atoms with van der Waals surface area (Å²) in [6, 6.07) is 4.35. The maximum atomic E-state index is 4.45. The van der Waals surface area contributed by atoms with Crippen molar-refractivity contribution in [3.8, 4) is 0 Å². The Hall–Kier alpha value is -0.890. The van der Waals surface area contributed by atoms with Crippen molar-refractivity contribution in [1.82, 2.24) is 4.98 Å². The van der Waals surface area contributed by atoms with E-state index in [1.165, 1.54) is 15.8 Å². The quantitative estimate of drug-likeness (QED) is 0.629. The molecule has 0 amide bonds. The molecule has 0 aliphatic rings. The van der Waals surface area contributed by atoms with E-state index in [1.807, 2.05) is 13.8 Å². The molecule has 0 bridgehead atoms. The second kappa shape index (κ2) is 4.56. The van der Waals surface area contributed by atoms with E-state index in [-0.39, 0.29) is 0 Å². The zero-order chi connectivity index (χ0) is 10.7. The molecule has 76 valence electrons. The molecule has 0 aliphatic heterocycles. The molecule has 0 N–H and O–H groups in total. The van der Waals surface area contributed by atoms with Gasteiger partial charge in [0.1, 0.15) is 0 Å². The molecule has 1 aromatic heterocycles. The number of aromatic nitrogens is 1. The lowest BCUT2D eigenvalue weighted by atomic mass is 10.1. The fourth-order valence-electron chi connectivity index (χ4n) is 1.49. The third-order valence-electron chi connectivity index (χ3n) is 1.93. The van der Waals surface area contributed by atoms with Crippen LogP contribution in [0.25, 0.3) is 10.2 Å². The SMILES string of the molecule is CC.Cc1cc(C)c2sc(C)nc2c1. The van der Waals surface area contributed by atoms with Gasteiger partial charge in [0, 0.05) is 0 Å². The molecule has 0 fully saturated rings. The molecule has 1 nitrogen and oxygen atoms in total. The van der Waals surface area contributed by atoms with Gasteiger partial charge in [-0.05, 0) is 38.0 Å². The van der Waals surface area contributed by atoms with Gasteiger partial charge in [-0.3, -0.25) is 0 Å². The van der Waals surface area contributed by atoms with Crippen molar-refractivity contribution in [1.29, 1.82) is 0 Å². The first-order valence-corrected chi connectivity index (χ1v) is 5.83. The Morgan fingerprint density at radius 3 is 2.36 bits per heavy atom. The molecule has 2 heteroatoms. The molecule has 0 aliphatic carbocycles. The predicted octanol–water partition coefficient (Wildman–Crippen LogP) is 4.25. The first-order chi connectivity index (χ1) is 6.66. The van der Waals surface area contributed by atoms with Crippen molar-refractivity contribution in [3.63, 3.8) is 0 Å². The van der Waals surface area contributed by atoms with Crippen LogP contribution in [0.15, 0.2) is 12.1 Å². The van der Waals surface area contributed by atoms with Crippen LogP contribution in [0.5, 0.6) is 0 Å². The maximum Gasteiger partial charge on any atom is 0.0907 e. The van der Waals surface area contributed by atoms with E-state index in [0.717, 1.165) is 10.5 Å². The minimum atomic E-state index is 1.15. The highest BCUT2D eigenvalue weighted by Gasteiger charge is 2.02. The Labute approximate surface area is 89.8 Å². The van der Waals surface area contributed by atoms with Gasteiger partial charge < -0.3 is 0 Å². The summed E-state index contributed by atoms with van der Waals surface area (Å²) < 4.78 is 1.33. The van der Waals surface area contributed by atoms with Crippen LogP contribution in [-0.4, -0.2) is 4.98 Å². The number of nitrogens with zero attached hydrogens (tertiary/aromatic N) is 1. The van der Waals surface area contributed by atoms with Gasteiger partial charge in [0.05, 0.1) is 15.2 Å². The molecular weight excluding hydrogens is 190 g/mol. The third kappa shape index (κ3) is 2.13. The van der Waals surface area contributed by atoms with Crippen LogP contribution >= 0.6 is 11.3 Å². The maximum absolute atomic E-state index is 4.45. The number of hydrogen-bond acceptors (Lipinski definition) is 2. The Bertz CT molecular complexity index is 429. The van der Waals surface area contributed by atoms with Crippen LogP contribution in [0.4, 0.5) is 0 Å². The number of benzene rings is 1. The molecule has 0 saturated carbocycles. The number of thiazole rings is 1. The number of fused-ring (bicyclic) bond motifs is 1. The van der Waals surface area contributed by atoms with E-state index < -0.39 is 0 Å². The lowest BCUT2D eigenvalue weighted by Gasteiger charge is -1.95. The zero-order valence-corrected chi connectivity index (χ0v) is 10.3. The van der Waals surface area contributed by atoms with Gasteiger partial charge in [0.15, 0.2) is 0 Å². The number of aryl methyl sites for hydroxylation is 3. The highest BCUT2D eigenvalue weighted by Crippen LogP contribution is 2.25. The Morgan fingerprint density at radius 2 is 1.71 bits per heavy atom. The minimum absolute atomic E-state index is 1.15. The third-order valence-corrected chi connectivity index (χ3v) is 3.05. The molecule has 0 atom stereocenters. The van der Waals surface area contributed by atoms with Crippen LogP contribution in [0, 0.1) is 20.8 Å². The van der Waals surface area contributed by atoms with Crippen LogP contribution in [0.2, 0.25) is 0 Å². The first-order valence-electron chi connectivity index (χ1n) is 5.01. The summed E-state index contributed by atoms with van der Waals surface area (Å²) in [6.45, 7) is 10.3. The van der Waals surface area contributed by atoms with Gasteiger partial charge in [-0.1, -0.05) is 19.9 Å². The van der Waals surface area contributed by atoms with E-state index in [9.17, 15) is 0 Å². The molecule has 0 unspecified atom stereocenters. The van der Waals surface area contributed by atoms with Crippen molar-refractivity contribution in [2.75, 3.05) is 0 Å². The smallest absolute Gasteiger partial charge is 0.0907 e. The lowest BCUT2D eigenvalue weighted by Crippen LogP contribution is -1.77. The van der Waals surface area contributed by atoms with Gasteiger partial charge in [-0.15, -0.1) is 11.3 Å². The molecule has 0 radical (unpaired) electrons. The molecule has 2 aromatic rings. The van der Waals surface area contributed by atoms with E-state index in [0.29, 0.717) is 0 Å². The highest BCUT2D eigenvalue weighted by molar-refractivity contribution is 7.18. The normalized spacial score (nSPS) is 9.79. The molecule has 0 saturated heterocycles. The predicted molar refractivity (Wildman–Crippen MR) is 65.2 cm³/mol. The summed E-state index contributed by atoms with van der Waals surface area (Å²) in [5.74, 6) is 0. The molecule has 1 heterocycles. The van der Waals surface area contributed by atoms with E-state index >= 15 is 0 Å². The van der Waals surface area contributed by atoms with Crippen LogP contribution in [0.1, 0.15) is 30.0 Å². The Kier molecular flexibility index (Phi) is 3.64. The summed E-state index contributed by atoms with van der Waals surface area (Å²) >= 11 is 1.78. The molecule has 14 heavy (non-hydrogen) atoms. The lowest BCUT2D eigenvalue weighted by molar-refractivity contribution is 1.33. The summed E-state index contributed by atoms with van der Waals surface area (Å²) in [5.41, 5.74) is 3.79. The van der Waals surface area contributed by atoms with Crippen LogP contribution in [0.3, 0.4) is 0 Å². The second-order valence-corrected chi connectivity index (χ2v) is 4.37. The average Bonchev–Trinajstić information content (AvgIpc) is 2.49. The van der Waals surface area contributed by atoms with Crippen LogP contribution < -0.4 is 0 Å². The summed E-state index contributed by atoms with van der Waals surface area (Å²) in [7, 11) is 0. The van der Waals surface area contributed by atoms with Gasteiger partial charge >= 0.3 is 0 Å². The fraction of sp³-hybridized carbons (Fsp3) is 0.417. The summed E-state index contributed by atoms with van der Waals surface area (Å²) in [5, 5.41) is 1.15. The average molecular weight is 207 g/mol. The number of hydrogen-bond donors (Lipinski definition) is 0. The van der Waals surface area contributed by atoms with Gasteiger partial charge in [0.25, 0.3) is 0 Å². The van der Waals surface area contributed by atoms with Crippen molar-refractivity contribution in [3.05, 3.63) is 28.3 Å². The molecule has 1 aromatic carbocycles.